The van der Waals surface area contributed by atoms with Crippen LogP contribution >= 0.6 is 11.3 Å². The maximum absolute atomic E-state index is 12.3. The van der Waals surface area contributed by atoms with E-state index in [-0.39, 0.29) is 12.2 Å². The maximum atomic E-state index is 12.3. The molecule has 0 saturated carbocycles. The highest BCUT2D eigenvalue weighted by atomic mass is 32.1. The molecule has 1 aromatic heterocycles. The fraction of sp³-hybridized carbons (Fsp3) is 0.500. The number of alkyl halides is 3. The number of halogens is 3. The summed E-state index contributed by atoms with van der Waals surface area (Å²) in [4.78, 5) is 26.6. The van der Waals surface area contributed by atoms with E-state index >= 15 is 0 Å². The molecule has 5 nitrogen and oxygen atoms in total. The molecule has 1 amide bonds. The number of aliphatic carboxylic acids is 1. The second-order valence-electron chi connectivity index (χ2n) is 3.96. The number of amides is 1. The van der Waals surface area contributed by atoms with E-state index in [1.807, 2.05) is 0 Å². The van der Waals surface area contributed by atoms with Crippen molar-refractivity contribution < 1.29 is 27.9 Å². The molecule has 0 aromatic carbocycles. The van der Waals surface area contributed by atoms with Gasteiger partial charge in [0.15, 0.2) is 5.01 Å². The molecule has 9 heteroatoms. The van der Waals surface area contributed by atoms with E-state index in [9.17, 15) is 22.8 Å². The first-order valence-electron chi connectivity index (χ1n) is 5.14. The number of carboxylic acid groups (broad SMARTS) is 1. The molecule has 106 valence electrons. The minimum absolute atomic E-state index is 0.104. The molecule has 1 atom stereocenters. The van der Waals surface area contributed by atoms with E-state index in [0.717, 1.165) is 10.3 Å². The third-order valence-electron chi connectivity index (χ3n) is 2.28. The average molecular weight is 296 g/mol. The summed E-state index contributed by atoms with van der Waals surface area (Å²) in [6.07, 6.45) is -4.59. The zero-order valence-electron chi connectivity index (χ0n) is 10.1. The summed E-state index contributed by atoms with van der Waals surface area (Å²) in [6.45, 7) is 1.29. The topological polar surface area (TPSA) is 70.5 Å². The molecule has 0 aliphatic carbocycles. The van der Waals surface area contributed by atoms with E-state index in [0.29, 0.717) is 11.3 Å². The molecular formula is C10H11F3N2O3S. The van der Waals surface area contributed by atoms with Crippen LogP contribution in [0.25, 0.3) is 0 Å². The predicted molar refractivity (Wildman–Crippen MR) is 60.9 cm³/mol. The molecule has 1 N–H and O–H groups in total. The number of hydrogen-bond acceptors (Lipinski definition) is 4. The predicted octanol–water partition coefficient (Wildman–Crippen LogP) is 1.95. The average Bonchev–Trinajstić information content (AvgIpc) is 2.76. The first-order chi connectivity index (χ1) is 8.62. The van der Waals surface area contributed by atoms with Crippen molar-refractivity contribution in [1.82, 2.24) is 9.88 Å². The zero-order valence-corrected chi connectivity index (χ0v) is 10.9. The Bertz CT molecular complexity index is 487. The number of carbonyl (C=O) groups excluding carboxylic acids is 1. The fourth-order valence-corrected chi connectivity index (χ4v) is 1.93. The van der Waals surface area contributed by atoms with Gasteiger partial charge >= 0.3 is 12.1 Å². The lowest BCUT2D eigenvalue weighted by molar-refractivity contribution is -0.141. The lowest BCUT2D eigenvalue weighted by Crippen LogP contribution is -2.33. The maximum Gasteiger partial charge on any atom is 0.443 e. The molecule has 0 spiro atoms. The summed E-state index contributed by atoms with van der Waals surface area (Å²) in [7, 11) is 1.31. The van der Waals surface area contributed by atoms with Crippen molar-refractivity contribution in [2.24, 2.45) is 5.92 Å². The van der Waals surface area contributed by atoms with Crippen molar-refractivity contribution in [3.63, 3.8) is 0 Å². The molecular weight excluding hydrogens is 285 g/mol. The van der Waals surface area contributed by atoms with Crippen LogP contribution in [0.2, 0.25) is 0 Å². The summed E-state index contributed by atoms with van der Waals surface area (Å²) < 4.78 is 37.0. The van der Waals surface area contributed by atoms with Gasteiger partial charge in [-0.25, -0.2) is 4.98 Å². The lowest BCUT2D eigenvalue weighted by Gasteiger charge is -2.18. The summed E-state index contributed by atoms with van der Waals surface area (Å²) in [5, 5.41) is 8.60. The minimum atomic E-state index is -4.59. The molecule has 0 fully saturated rings. The van der Waals surface area contributed by atoms with Crippen molar-refractivity contribution in [2.45, 2.75) is 13.1 Å². The van der Waals surface area contributed by atoms with Gasteiger partial charge in [0.1, 0.15) is 5.69 Å². The van der Waals surface area contributed by atoms with Gasteiger partial charge in [0.05, 0.1) is 5.92 Å². The van der Waals surface area contributed by atoms with Gasteiger partial charge in [-0.05, 0) is 0 Å². The van der Waals surface area contributed by atoms with Crippen molar-refractivity contribution in [3.05, 3.63) is 16.1 Å². The Labute approximate surface area is 110 Å². The smallest absolute Gasteiger partial charge is 0.443 e. The quantitative estimate of drug-likeness (QED) is 0.922. The fourth-order valence-electron chi connectivity index (χ4n) is 1.27. The number of hydrogen-bond donors (Lipinski definition) is 1. The molecule has 19 heavy (non-hydrogen) atoms. The van der Waals surface area contributed by atoms with Crippen molar-refractivity contribution in [3.8, 4) is 0 Å². The molecule has 0 aliphatic rings. The van der Waals surface area contributed by atoms with Gasteiger partial charge < -0.3 is 10.0 Å². The van der Waals surface area contributed by atoms with Crippen LogP contribution in [-0.2, 0) is 11.0 Å². The van der Waals surface area contributed by atoms with Gasteiger partial charge in [0, 0.05) is 19.0 Å². The van der Waals surface area contributed by atoms with Crippen molar-refractivity contribution in [1.29, 1.82) is 0 Å². The Morgan fingerprint density at radius 3 is 2.53 bits per heavy atom. The van der Waals surface area contributed by atoms with Crippen LogP contribution in [0.5, 0.6) is 0 Å². The molecule has 1 heterocycles. The van der Waals surface area contributed by atoms with E-state index in [1.165, 1.54) is 14.0 Å². The monoisotopic (exact) mass is 296 g/mol. The summed E-state index contributed by atoms with van der Waals surface area (Å²) >= 11 is 0.327. The SMILES string of the molecule is CC(CN(C)C(=O)c1csc(C(F)(F)F)n1)C(=O)O. The minimum Gasteiger partial charge on any atom is -0.481 e. The van der Waals surface area contributed by atoms with E-state index < -0.39 is 29.0 Å². The van der Waals surface area contributed by atoms with Crippen LogP contribution < -0.4 is 0 Å². The van der Waals surface area contributed by atoms with Crippen LogP contribution in [0.1, 0.15) is 22.4 Å². The highest BCUT2D eigenvalue weighted by molar-refractivity contribution is 7.09. The third kappa shape index (κ3) is 3.91. The Hall–Kier alpha value is -1.64. The standard InChI is InChI=1S/C10H11F3N2O3S/c1-5(8(17)18)3-15(2)7(16)6-4-19-9(14-6)10(11,12)13/h4-5H,3H2,1-2H3,(H,17,18). The Kier molecular flexibility index (Phi) is 4.51. The highest BCUT2D eigenvalue weighted by Crippen LogP contribution is 2.31. The number of rotatable bonds is 4. The van der Waals surface area contributed by atoms with Crippen LogP contribution in [0.15, 0.2) is 5.38 Å². The number of carbonyl (C=O) groups is 2. The molecule has 1 unspecified atom stereocenters. The van der Waals surface area contributed by atoms with Gasteiger partial charge in [-0.2, -0.15) is 13.2 Å². The van der Waals surface area contributed by atoms with Gasteiger partial charge in [-0.3, -0.25) is 9.59 Å². The van der Waals surface area contributed by atoms with Crippen molar-refractivity contribution in [2.75, 3.05) is 13.6 Å². The molecule has 0 radical (unpaired) electrons. The van der Waals surface area contributed by atoms with Gasteiger partial charge in [0.2, 0.25) is 0 Å². The normalized spacial score (nSPS) is 13.1. The van der Waals surface area contributed by atoms with Crippen LogP contribution in [-0.4, -0.2) is 40.5 Å². The Morgan fingerprint density at radius 1 is 1.53 bits per heavy atom. The number of thiazole rings is 1. The molecule has 1 aromatic rings. The third-order valence-corrected chi connectivity index (χ3v) is 3.17. The summed E-state index contributed by atoms with van der Waals surface area (Å²) in [5.74, 6) is -2.64. The second-order valence-corrected chi connectivity index (χ2v) is 4.82. The van der Waals surface area contributed by atoms with Crippen molar-refractivity contribution >= 4 is 23.2 Å². The Balaban J connectivity index is 2.78. The summed E-state index contributed by atoms with van der Waals surface area (Å²) in [6, 6.07) is 0. The first kappa shape index (κ1) is 15.4. The number of aromatic nitrogens is 1. The zero-order chi connectivity index (χ0) is 14.8. The van der Waals surface area contributed by atoms with Crippen LogP contribution in [0.3, 0.4) is 0 Å². The molecule has 0 bridgehead atoms. The summed E-state index contributed by atoms with van der Waals surface area (Å²) in [5.41, 5.74) is -0.336. The van der Waals surface area contributed by atoms with Crippen LogP contribution in [0, 0.1) is 5.92 Å². The number of carboxylic acids is 1. The number of nitrogens with zero attached hydrogens (tertiary/aromatic N) is 2. The van der Waals surface area contributed by atoms with Gasteiger partial charge in [0.25, 0.3) is 5.91 Å². The second kappa shape index (κ2) is 5.55. The molecule has 0 saturated heterocycles. The Morgan fingerprint density at radius 2 is 2.11 bits per heavy atom. The largest absolute Gasteiger partial charge is 0.481 e. The molecule has 0 aliphatic heterocycles. The highest BCUT2D eigenvalue weighted by Gasteiger charge is 2.35. The van der Waals surface area contributed by atoms with E-state index in [4.69, 9.17) is 5.11 Å². The van der Waals surface area contributed by atoms with Crippen LogP contribution in [0.4, 0.5) is 13.2 Å². The van der Waals surface area contributed by atoms with Gasteiger partial charge in [-0.15, -0.1) is 11.3 Å². The lowest BCUT2D eigenvalue weighted by atomic mass is 10.2. The first-order valence-corrected chi connectivity index (χ1v) is 6.02. The molecule has 1 rings (SSSR count). The van der Waals surface area contributed by atoms with E-state index in [2.05, 4.69) is 4.98 Å². The van der Waals surface area contributed by atoms with E-state index in [1.54, 1.807) is 0 Å². The van der Waals surface area contributed by atoms with Gasteiger partial charge in [-0.1, -0.05) is 6.92 Å².